The van der Waals surface area contributed by atoms with E-state index in [1.165, 1.54) is 25.7 Å². The van der Waals surface area contributed by atoms with Crippen LogP contribution in [0, 0.1) is 0 Å². The lowest BCUT2D eigenvalue weighted by molar-refractivity contribution is 0.369. The van der Waals surface area contributed by atoms with Crippen LogP contribution in [0.1, 0.15) is 27.2 Å². The minimum absolute atomic E-state index is 0.325. The highest BCUT2D eigenvalue weighted by atomic mass is 28.4. The predicted molar refractivity (Wildman–Crippen MR) is 67.7 cm³/mol. The highest BCUT2D eigenvalue weighted by Crippen LogP contribution is 2.38. The first-order valence-corrected chi connectivity index (χ1v) is 8.62. The minimum Gasteiger partial charge on any atom is -0.547 e. The van der Waals surface area contributed by atoms with E-state index in [1.807, 2.05) is 0 Å². The summed E-state index contributed by atoms with van der Waals surface area (Å²) in [5.74, 6) is 1.27. The van der Waals surface area contributed by atoms with Gasteiger partial charge in [0.15, 0.2) is 0 Å². The highest BCUT2D eigenvalue weighted by Gasteiger charge is 2.39. The maximum Gasteiger partial charge on any atom is 0.250 e. The summed E-state index contributed by atoms with van der Waals surface area (Å²) in [4.78, 5) is 0. The van der Waals surface area contributed by atoms with Crippen LogP contribution in [0.5, 0.6) is 0 Å². The number of allylic oxidation sites excluding steroid dienone is 2. The molecule has 14 heavy (non-hydrogen) atoms. The van der Waals surface area contributed by atoms with E-state index in [9.17, 15) is 0 Å². The van der Waals surface area contributed by atoms with Gasteiger partial charge in [0.05, 0.1) is 5.76 Å². The Morgan fingerprint density at radius 1 is 1.36 bits per heavy atom. The number of hydrogen-bond acceptors (Lipinski definition) is 1. The summed E-state index contributed by atoms with van der Waals surface area (Å²) in [7, 11) is -0.223. The molecule has 3 heteroatoms. The Morgan fingerprint density at radius 2 is 2.00 bits per heavy atom. The molecular formula is C11H23BOSi. The van der Waals surface area contributed by atoms with E-state index in [0.717, 1.165) is 6.42 Å². The molecule has 1 nitrogen and oxygen atoms in total. The predicted octanol–water partition coefficient (Wildman–Crippen LogP) is 3.57. The molecule has 0 aromatic carbocycles. The van der Waals surface area contributed by atoms with Crippen LogP contribution in [0.3, 0.4) is 0 Å². The van der Waals surface area contributed by atoms with Crippen LogP contribution in [-0.4, -0.2) is 15.6 Å². The Labute approximate surface area is 90.3 Å². The third-order valence-corrected chi connectivity index (χ3v) is 7.83. The lowest BCUT2D eigenvalue weighted by Gasteiger charge is -2.37. The van der Waals surface area contributed by atoms with Gasteiger partial charge in [-0.2, -0.15) is 0 Å². The molecule has 0 fully saturated rings. The van der Waals surface area contributed by atoms with Crippen molar-refractivity contribution in [3.63, 3.8) is 0 Å². The maximum absolute atomic E-state index is 6.24. The monoisotopic (exact) mass is 210 g/mol. The molecule has 1 rings (SSSR count). The molecule has 0 spiro atoms. The zero-order valence-electron chi connectivity index (χ0n) is 10.3. The molecule has 0 aromatic heterocycles. The van der Waals surface area contributed by atoms with Crippen molar-refractivity contribution >= 4 is 15.6 Å². The zero-order chi connectivity index (χ0) is 10.8. The molecule has 0 N–H and O–H groups in total. The van der Waals surface area contributed by atoms with Gasteiger partial charge in [-0.25, -0.2) is 0 Å². The third-order valence-electron chi connectivity index (χ3n) is 3.44. The first kappa shape index (κ1) is 11.9. The van der Waals surface area contributed by atoms with Gasteiger partial charge in [-0.15, -0.1) is 0 Å². The zero-order valence-corrected chi connectivity index (χ0v) is 11.3. The molecular weight excluding hydrogens is 187 g/mol. The average molecular weight is 210 g/mol. The van der Waals surface area contributed by atoms with Gasteiger partial charge in [0.1, 0.15) is 7.28 Å². The van der Waals surface area contributed by atoms with Crippen molar-refractivity contribution in [1.29, 1.82) is 0 Å². The van der Waals surface area contributed by atoms with Crippen molar-refractivity contribution in [2.75, 3.05) is 0 Å². The molecule has 1 aliphatic rings. The molecule has 0 saturated carbocycles. The van der Waals surface area contributed by atoms with Crippen LogP contribution in [0.15, 0.2) is 11.8 Å². The molecule has 0 aromatic rings. The molecule has 0 aliphatic carbocycles. The van der Waals surface area contributed by atoms with Gasteiger partial charge in [0.25, 0.3) is 0 Å². The smallest absolute Gasteiger partial charge is 0.250 e. The fraction of sp³-hybridized carbons (Fsp3) is 0.818. The van der Waals surface area contributed by atoms with Crippen molar-refractivity contribution in [2.24, 2.45) is 0 Å². The fourth-order valence-corrected chi connectivity index (χ4v) is 2.53. The lowest BCUT2D eigenvalue weighted by atomic mass is 9.67. The lowest BCUT2D eigenvalue weighted by Crippen LogP contribution is -2.40. The molecule has 80 valence electrons. The first-order valence-electron chi connectivity index (χ1n) is 5.71. The normalized spacial score (nSPS) is 18.5. The van der Waals surface area contributed by atoms with Gasteiger partial charge in [-0.3, -0.25) is 0 Å². The van der Waals surface area contributed by atoms with Crippen molar-refractivity contribution in [3.8, 4) is 0 Å². The van der Waals surface area contributed by atoms with Crippen LogP contribution in [-0.2, 0) is 4.43 Å². The second-order valence-electron chi connectivity index (χ2n) is 5.78. The molecule has 0 amide bonds. The van der Waals surface area contributed by atoms with E-state index in [1.54, 1.807) is 0 Å². The molecule has 0 unspecified atom stereocenters. The molecule has 0 bridgehead atoms. The van der Waals surface area contributed by atoms with Crippen LogP contribution in [0.4, 0.5) is 0 Å². The van der Waals surface area contributed by atoms with Gasteiger partial charge in [0, 0.05) is 0 Å². The third kappa shape index (κ3) is 2.91. The summed E-state index contributed by atoms with van der Waals surface area (Å²) in [6.07, 6.45) is 5.97. The maximum atomic E-state index is 6.24. The molecule has 0 radical (unpaired) electrons. The van der Waals surface area contributed by atoms with Crippen LogP contribution in [0.25, 0.3) is 0 Å². The summed E-state index contributed by atoms with van der Waals surface area (Å²) in [6.45, 7) is 11.5. The summed E-state index contributed by atoms with van der Waals surface area (Å²) >= 11 is 0. The summed E-state index contributed by atoms with van der Waals surface area (Å²) in [6, 6.07) is 0. The van der Waals surface area contributed by atoms with Crippen LogP contribution >= 0.6 is 0 Å². The van der Waals surface area contributed by atoms with Crippen molar-refractivity contribution in [3.05, 3.63) is 11.8 Å². The Kier molecular flexibility index (Phi) is 3.51. The molecule has 1 aliphatic heterocycles. The molecule has 0 saturated heterocycles. The first-order chi connectivity index (χ1) is 6.33. The second-order valence-corrected chi connectivity index (χ2v) is 10.5. The second kappa shape index (κ2) is 4.13. The van der Waals surface area contributed by atoms with Gasteiger partial charge in [0.2, 0.25) is 8.32 Å². The van der Waals surface area contributed by atoms with Gasteiger partial charge in [-0.1, -0.05) is 39.5 Å². The van der Waals surface area contributed by atoms with E-state index in [4.69, 9.17) is 4.43 Å². The SMILES string of the molecule is CC(C)(C)[Si](C)(C)OC1=CCBCC1. The minimum atomic E-state index is -1.56. The Bertz CT molecular complexity index is 228. The van der Waals surface area contributed by atoms with E-state index < -0.39 is 8.32 Å². The summed E-state index contributed by atoms with van der Waals surface area (Å²) in [5, 5.41) is 0.325. The van der Waals surface area contributed by atoms with E-state index in [2.05, 4.69) is 39.9 Å². The Hall–Kier alpha value is -0.178. The summed E-state index contributed by atoms with van der Waals surface area (Å²) in [5.41, 5.74) is 0. The van der Waals surface area contributed by atoms with Crippen LogP contribution in [0.2, 0.25) is 30.8 Å². The topological polar surface area (TPSA) is 9.23 Å². The van der Waals surface area contributed by atoms with E-state index in [0.29, 0.717) is 5.04 Å². The number of hydrogen-bond donors (Lipinski definition) is 0. The quantitative estimate of drug-likeness (QED) is 0.633. The Morgan fingerprint density at radius 3 is 2.43 bits per heavy atom. The van der Waals surface area contributed by atoms with Gasteiger partial charge in [-0.05, 0) is 24.6 Å². The Balaban J connectivity index is 2.62. The van der Waals surface area contributed by atoms with E-state index in [-0.39, 0.29) is 0 Å². The van der Waals surface area contributed by atoms with Crippen molar-refractivity contribution < 1.29 is 4.43 Å². The van der Waals surface area contributed by atoms with Crippen LogP contribution < -0.4 is 0 Å². The number of rotatable bonds is 2. The summed E-state index contributed by atoms with van der Waals surface area (Å²) < 4.78 is 6.24. The van der Waals surface area contributed by atoms with Crippen molar-refractivity contribution in [2.45, 2.75) is 58.0 Å². The fourth-order valence-electron chi connectivity index (χ4n) is 1.38. The van der Waals surface area contributed by atoms with Gasteiger partial charge < -0.3 is 4.43 Å². The van der Waals surface area contributed by atoms with Gasteiger partial charge >= 0.3 is 0 Å². The molecule has 1 heterocycles. The highest BCUT2D eigenvalue weighted by molar-refractivity contribution is 6.74. The average Bonchev–Trinajstić information content (AvgIpc) is 2.03. The molecule has 0 atom stereocenters. The van der Waals surface area contributed by atoms with E-state index >= 15 is 0 Å². The standard InChI is InChI=1S/C11H23BOSi/c1-11(2,3)14(4,5)13-10-6-8-12-9-7-10/h6,12H,7-9H2,1-5H3. The van der Waals surface area contributed by atoms with Crippen molar-refractivity contribution in [1.82, 2.24) is 0 Å². The largest absolute Gasteiger partial charge is 0.547 e.